The summed E-state index contributed by atoms with van der Waals surface area (Å²) in [5.41, 5.74) is 1.10. The molecular formula is C15H23NO2. The molecule has 3 heteroatoms. The summed E-state index contributed by atoms with van der Waals surface area (Å²) in [6.45, 7) is 4.12. The first-order valence-electron chi connectivity index (χ1n) is 6.62. The van der Waals surface area contributed by atoms with Gasteiger partial charge in [0.1, 0.15) is 0 Å². The Kier molecular flexibility index (Phi) is 6.44. The van der Waals surface area contributed by atoms with Crippen LogP contribution in [0.25, 0.3) is 0 Å². The summed E-state index contributed by atoms with van der Waals surface area (Å²) in [7, 11) is 0. The largest absolute Gasteiger partial charge is 0.396 e. The van der Waals surface area contributed by atoms with E-state index in [0.29, 0.717) is 6.42 Å². The van der Waals surface area contributed by atoms with Crippen LogP contribution in [0.5, 0.6) is 0 Å². The molecule has 0 aromatic heterocycles. The average Bonchev–Trinajstić information content (AvgIpc) is 2.39. The van der Waals surface area contributed by atoms with Crippen molar-refractivity contribution in [3.8, 4) is 0 Å². The van der Waals surface area contributed by atoms with Crippen molar-refractivity contribution in [1.29, 1.82) is 0 Å². The Morgan fingerprint density at radius 2 is 2.00 bits per heavy atom. The van der Waals surface area contributed by atoms with E-state index in [-0.39, 0.29) is 24.5 Å². The maximum atomic E-state index is 11.8. The molecule has 0 saturated carbocycles. The molecule has 1 aromatic carbocycles. The van der Waals surface area contributed by atoms with Crippen LogP contribution in [0.15, 0.2) is 30.3 Å². The number of hydrogen-bond donors (Lipinski definition) is 2. The van der Waals surface area contributed by atoms with Crippen molar-refractivity contribution in [1.82, 2.24) is 5.32 Å². The van der Waals surface area contributed by atoms with Crippen molar-refractivity contribution in [2.45, 2.75) is 39.2 Å². The summed E-state index contributed by atoms with van der Waals surface area (Å²) in [4.78, 5) is 11.8. The normalized spacial score (nSPS) is 13.9. The fourth-order valence-electron chi connectivity index (χ4n) is 2.05. The lowest BCUT2D eigenvalue weighted by atomic mass is 10.00. The Balaban J connectivity index is 2.44. The number of hydrogen-bond acceptors (Lipinski definition) is 2. The van der Waals surface area contributed by atoms with Crippen LogP contribution < -0.4 is 5.32 Å². The predicted molar refractivity (Wildman–Crippen MR) is 73.1 cm³/mol. The molecule has 1 amide bonds. The minimum atomic E-state index is 0.0128. The van der Waals surface area contributed by atoms with E-state index < -0.39 is 0 Å². The number of carbonyl (C=O) groups excluding carboxylic acids is 1. The monoisotopic (exact) mass is 249 g/mol. The Bertz CT molecular complexity index is 351. The standard InChI is InChI=1S/C15H23NO2/c1-3-7-13(11-17)10-15(18)16-12(2)14-8-5-4-6-9-14/h4-6,8-9,12-13,17H,3,7,10-11H2,1-2H3,(H,16,18)/t12-,13?/m0/s1. The Morgan fingerprint density at radius 3 is 2.56 bits per heavy atom. The van der Waals surface area contributed by atoms with E-state index >= 15 is 0 Å². The van der Waals surface area contributed by atoms with Gasteiger partial charge in [0.15, 0.2) is 0 Å². The number of aliphatic hydroxyl groups is 1. The number of amides is 1. The van der Waals surface area contributed by atoms with Gasteiger partial charge >= 0.3 is 0 Å². The molecule has 1 aromatic rings. The molecule has 1 unspecified atom stereocenters. The fraction of sp³-hybridized carbons (Fsp3) is 0.533. The van der Waals surface area contributed by atoms with Gasteiger partial charge in [0, 0.05) is 13.0 Å². The van der Waals surface area contributed by atoms with Gasteiger partial charge in [-0.2, -0.15) is 0 Å². The highest BCUT2D eigenvalue weighted by atomic mass is 16.3. The van der Waals surface area contributed by atoms with Crippen molar-refractivity contribution in [3.05, 3.63) is 35.9 Å². The van der Waals surface area contributed by atoms with Crippen molar-refractivity contribution < 1.29 is 9.90 Å². The third-order valence-electron chi connectivity index (χ3n) is 3.11. The molecule has 100 valence electrons. The zero-order valence-corrected chi connectivity index (χ0v) is 11.2. The molecule has 0 aliphatic carbocycles. The number of nitrogens with one attached hydrogen (secondary N) is 1. The molecule has 0 aliphatic rings. The third kappa shape index (κ3) is 4.88. The lowest BCUT2D eigenvalue weighted by Crippen LogP contribution is -2.29. The van der Waals surface area contributed by atoms with E-state index in [1.807, 2.05) is 37.3 Å². The molecule has 0 fully saturated rings. The summed E-state index contributed by atoms with van der Waals surface area (Å²) in [6, 6.07) is 9.90. The van der Waals surface area contributed by atoms with Gasteiger partial charge in [0.25, 0.3) is 0 Å². The van der Waals surface area contributed by atoms with Gasteiger partial charge in [0.05, 0.1) is 6.04 Å². The molecule has 1 rings (SSSR count). The Hall–Kier alpha value is -1.35. The van der Waals surface area contributed by atoms with Gasteiger partial charge in [-0.15, -0.1) is 0 Å². The van der Waals surface area contributed by atoms with Crippen LogP contribution in [0.1, 0.15) is 44.7 Å². The van der Waals surface area contributed by atoms with Crippen LogP contribution in [-0.2, 0) is 4.79 Å². The first kappa shape index (κ1) is 14.7. The fourth-order valence-corrected chi connectivity index (χ4v) is 2.05. The van der Waals surface area contributed by atoms with Crippen LogP contribution in [0.3, 0.4) is 0 Å². The van der Waals surface area contributed by atoms with Gasteiger partial charge in [-0.25, -0.2) is 0 Å². The Labute approximate surface area is 109 Å². The molecular weight excluding hydrogens is 226 g/mol. The molecule has 18 heavy (non-hydrogen) atoms. The highest BCUT2D eigenvalue weighted by Gasteiger charge is 2.14. The molecule has 2 atom stereocenters. The van der Waals surface area contributed by atoms with E-state index in [1.54, 1.807) is 0 Å². The summed E-state index contributed by atoms with van der Waals surface area (Å²) >= 11 is 0. The summed E-state index contributed by atoms with van der Waals surface area (Å²) in [5, 5.41) is 12.1. The van der Waals surface area contributed by atoms with E-state index in [4.69, 9.17) is 0 Å². The van der Waals surface area contributed by atoms with E-state index in [2.05, 4.69) is 12.2 Å². The minimum Gasteiger partial charge on any atom is -0.396 e. The molecule has 0 bridgehead atoms. The van der Waals surface area contributed by atoms with E-state index in [9.17, 15) is 9.90 Å². The van der Waals surface area contributed by atoms with E-state index in [0.717, 1.165) is 18.4 Å². The van der Waals surface area contributed by atoms with Crippen molar-refractivity contribution in [3.63, 3.8) is 0 Å². The molecule has 0 radical (unpaired) electrons. The highest BCUT2D eigenvalue weighted by Crippen LogP contribution is 2.14. The third-order valence-corrected chi connectivity index (χ3v) is 3.11. The second-order valence-corrected chi connectivity index (χ2v) is 4.74. The zero-order valence-electron chi connectivity index (χ0n) is 11.2. The van der Waals surface area contributed by atoms with Gasteiger partial charge in [0.2, 0.25) is 5.91 Å². The highest BCUT2D eigenvalue weighted by molar-refractivity contribution is 5.76. The number of aliphatic hydroxyl groups excluding tert-OH is 1. The van der Waals surface area contributed by atoms with Gasteiger partial charge in [-0.05, 0) is 24.8 Å². The van der Waals surface area contributed by atoms with Crippen molar-refractivity contribution in [2.75, 3.05) is 6.61 Å². The number of carbonyl (C=O) groups is 1. The number of rotatable bonds is 7. The molecule has 3 nitrogen and oxygen atoms in total. The number of benzene rings is 1. The maximum absolute atomic E-state index is 11.8. The Morgan fingerprint density at radius 1 is 1.33 bits per heavy atom. The second kappa shape index (κ2) is 7.88. The molecule has 0 spiro atoms. The first-order valence-corrected chi connectivity index (χ1v) is 6.62. The van der Waals surface area contributed by atoms with Gasteiger partial charge in [-0.3, -0.25) is 4.79 Å². The van der Waals surface area contributed by atoms with Crippen molar-refractivity contribution in [2.24, 2.45) is 5.92 Å². The zero-order chi connectivity index (χ0) is 13.4. The van der Waals surface area contributed by atoms with Gasteiger partial charge in [-0.1, -0.05) is 43.7 Å². The molecule has 2 N–H and O–H groups in total. The summed E-state index contributed by atoms with van der Waals surface area (Å²) in [6.07, 6.45) is 2.29. The predicted octanol–water partition coefficient (Wildman–Crippen LogP) is 2.66. The minimum absolute atomic E-state index is 0.0128. The topological polar surface area (TPSA) is 49.3 Å². The van der Waals surface area contributed by atoms with Gasteiger partial charge < -0.3 is 10.4 Å². The van der Waals surface area contributed by atoms with Crippen LogP contribution in [-0.4, -0.2) is 17.6 Å². The average molecular weight is 249 g/mol. The first-order chi connectivity index (χ1) is 8.67. The van der Waals surface area contributed by atoms with Crippen molar-refractivity contribution >= 4 is 5.91 Å². The van der Waals surface area contributed by atoms with Crippen LogP contribution in [0.4, 0.5) is 0 Å². The van der Waals surface area contributed by atoms with E-state index in [1.165, 1.54) is 0 Å². The smallest absolute Gasteiger partial charge is 0.220 e. The lowest BCUT2D eigenvalue weighted by molar-refractivity contribution is -0.123. The SMILES string of the molecule is CCCC(CO)CC(=O)N[C@@H](C)c1ccccc1. The van der Waals surface area contributed by atoms with Crippen LogP contribution in [0, 0.1) is 5.92 Å². The summed E-state index contributed by atoms with van der Waals surface area (Å²) < 4.78 is 0. The summed E-state index contributed by atoms with van der Waals surface area (Å²) in [5.74, 6) is 0.0943. The molecule has 0 saturated heterocycles. The second-order valence-electron chi connectivity index (χ2n) is 4.74. The maximum Gasteiger partial charge on any atom is 0.220 e. The quantitative estimate of drug-likeness (QED) is 0.780. The molecule has 0 heterocycles. The lowest BCUT2D eigenvalue weighted by Gasteiger charge is -2.17. The van der Waals surface area contributed by atoms with Crippen LogP contribution >= 0.6 is 0 Å². The van der Waals surface area contributed by atoms with Crippen LogP contribution in [0.2, 0.25) is 0 Å². The molecule has 0 aliphatic heterocycles.